The normalized spacial score (nSPS) is 16.7. The van der Waals surface area contributed by atoms with Gasteiger partial charge < -0.3 is 19.5 Å². The third-order valence-corrected chi connectivity index (χ3v) is 6.70. The van der Waals surface area contributed by atoms with Crippen molar-refractivity contribution in [1.29, 1.82) is 0 Å². The Labute approximate surface area is 208 Å². The van der Waals surface area contributed by atoms with Crippen molar-refractivity contribution in [3.63, 3.8) is 0 Å². The molecule has 2 amide bonds. The number of hydrogen-bond acceptors (Lipinski definition) is 5. The summed E-state index contributed by atoms with van der Waals surface area (Å²) in [6.45, 7) is 0.200. The van der Waals surface area contributed by atoms with Gasteiger partial charge in [-0.15, -0.1) is 0 Å². The van der Waals surface area contributed by atoms with E-state index in [9.17, 15) is 19.5 Å². The van der Waals surface area contributed by atoms with Crippen LogP contribution in [0.5, 0.6) is 0 Å². The molecular weight excluding hydrogens is 460 g/mol. The summed E-state index contributed by atoms with van der Waals surface area (Å²) < 4.78 is 11.0. The number of ether oxygens (including phenoxy) is 2. The molecule has 0 radical (unpaired) electrons. The number of aliphatic carboxylic acids is 1. The SMILES string of the molecule is O=C(O)[C@@H]1CN(C(=O)OCc2ccccc2)CCN1C(=O)OCC1c2ccccc2-c2ccccc21. The van der Waals surface area contributed by atoms with Gasteiger partial charge in [0.05, 0.1) is 6.54 Å². The van der Waals surface area contributed by atoms with Gasteiger partial charge in [-0.05, 0) is 27.8 Å². The van der Waals surface area contributed by atoms with E-state index < -0.39 is 24.2 Å². The standard InChI is InChI=1S/C28H26N2O6/c31-26(32)25-16-29(27(33)35-17-19-8-2-1-3-9-19)14-15-30(25)28(34)36-18-24-22-12-6-4-10-20(22)21-11-5-7-13-23(21)24/h1-13,24-25H,14-18H2,(H,31,32)/t25-/m0/s1. The van der Waals surface area contributed by atoms with Gasteiger partial charge in [0.15, 0.2) is 6.04 Å². The fourth-order valence-electron chi connectivity index (χ4n) is 4.87. The van der Waals surface area contributed by atoms with E-state index in [-0.39, 0.29) is 38.8 Å². The summed E-state index contributed by atoms with van der Waals surface area (Å²) in [7, 11) is 0. The Kier molecular flexibility index (Phi) is 6.58. The molecule has 184 valence electrons. The van der Waals surface area contributed by atoms with Gasteiger partial charge in [0.1, 0.15) is 13.2 Å². The van der Waals surface area contributed by atoms with E-state index in [1.807, 2.05) is 78.9 Å². The van der Waals surface area contributed by atoms with Crippen LogP contribution in [0.1, 0.15) is 22.6 Å². The van der Waals surface area contributed by atoms with Crippen LogP contribution in [0.3, 0.4) is 0 Å². The number of carbonyl (C=O) groups excluding carboxylic acids is 2. The number of benzene rings is 3. The van der Waals surface area contributed by atoms with Gasteiger partial charge in [0.25, 0.3) is 0 Å². The Balaban J connectivity index is 1.22. The zero-order valence-corrected chi connectivity index (χ0v) is 19.6. The Hall–Kier alpha value is -4.33. The predicted molar refractivity (Wildman–Crippen MR) is 131 cm³/mol. The number of carboxylic acids is 1. The van der Waals surface area contributed by atoms with Gasteiger partial charge in [0.2, 0.25) is 0 Å². The van der Waals surface area contributed by atoms with Gasteiger partial charge in [-0.1, -0.05) is 78.9 Å². The largest absolute Gasteiger partial charge is 0.480 e. The van der Waals surface area contributed by atoms with Crippen molar-refractivity contribution in [3.05, 3.63) is 95.6 Å². The maximum absolute atomic E-state index is 13.0. The van der Waals surface area contributed by atoms with E-state index in [1.54, 1.807) is 0 Å². The maximum atomic E-state index is 13.0. The number of fused-ring (bicyclic) bond motifs is 3. The second-order valence-electron chi connectivity index (χ2n) is 8.84. The van der Waals surface area contributed by atoms with Crippen molar-refractivity contribution in [1.82, 2.24) is 9.80 Å². The molecule has 0 saturated carbocycles. The summed E-state index contributed by atoms with van der Waals surface area (Å²) in [4.78, 5) is 40.0. The van der Waals surface area contributed by atoms with Gasteiger partial charge in [-0.2, -0.15) is 0 Å². The molecule has 8 nitrogen and oxygen atoms in total. The lowest BCUT2D eigenvalue weighted by molar-refractivity contribution is -0.144. The molecule has 0 spiro atoms. The minimum Gasteiger partial charge on any atom is -0.480 e. The summed E-state index contributed by atoms with van der Waals surface area (Å²) >= 11 is 0. The van der Waals surface area contributed by atoms with Crippen molar-refractivity contribution in [3.8, 4) is 11.1 Å². The average molecular weight is 487 g/mol. The lowest BCUT2D eigenvalue weighted by Gasteiger charge is -2.38. The zero-order chi connectivity index (χ0) is 25.1. The van der Waals surface area contributed by atoms with Crippen LogP contribution in [-0.2, 0) is 20.9 Å². The van der Waals surface area contributed by atoms with Crippen LogP contribution in [0.15, 0.2) is 78.9 Å². The van der Waals surface area contributed by atoms with Gasteiger partial charge in [0, 0.05) is 19.0 Å². The number of rotatable bonds is 5. The smallest absolute Gasteiger partial charge is 0.410 e. The van der Waals surface area contributed by atoms with Crippen molar-refractivity contribution >= 4 is 18.2 Å². The predicted octanol–water partition coefficient (Wildman–Crippen LogP) is 4.34. The quantitative estimate of drug-likeness (QED) is 0.576. The molecule has 1 heterocycles. The Bertz CT molecular complexity index is 1230. The second kappa shape index (κ2) is 10.1. The van der Waals surface area contributed by atoms with E-state index in [2.05, 4.69) is 0 Å². The van der Waals surface area contributed by atoms with Crippen LogP contribution in [0.4, 0.5) is 9.59 Å². The maximum Gasteiger partial charge on any atom is 0.410 e. The molecule has 0 unspecified atom stereocenters. The molecule has 2 aliphatic rings. The third-order valence-electron chi connectivity index (χ3n) is 6.70. The van der Waals surface area contributed by atoms with Crippen LogP contribution in [0.25, 0.3) is 11.1 Å². The van der Waals surface area contributed by atoms with Crippen LogP contribution in [0.2, 0.25) is 0 Å². The molecule has 1 N–H and O–H groups in total. The minimum atomic E-state index is -1.22. The first-order chi connectivity index (χ1) is 17.5. The van der Waals surface area contributed by atoms with Crippen molar-refractivity contribution in [2.24, 2.45) is 0 Å². The number of amides is 2. The lowest BCUT2D eigenvalue weighted by atomic mass is 9.98. The third kappa shape index (κ3) is 4.62. The van der Waals surface area contributed by atoms with Crippen LogP contribution in [-0.4, -0.2) is 65.3 Å². The van der Waals surface area contributed by atoms with Gasteiger partial charge in [-0.3, -0.25) is 4.90 Å². The zero-order valence-electron chi connectivity index (χ0n) is 19.6. The molecule has 1 fully saturated rings. The summed E-state index contributed by atoms with van der Waals surface area (Å²) in [6, 6.07) is 24.0. The van der Waals surface area contributed by atoms with Crippen LogP contribution in [0, 0.1) is 0 Å². The molecule has 8 heteroatoms. The monoisotopic (exact) mass is 486 g/mol. The number of nitrogens with zero attached hydrogens (tertiary/aromatic N) is 2. The molecule has 36 heavy (non-hydrogen) atoms. The molecule has 1 aliphatic carbocycles. The summed E-state index contributed by atoms with van der Waals surface area (Å²) in [5, 5.41) is 9.78. The topological polar surface area (TPSA) is 96.4 Å². The molecule has 3 aromatic rings. The molecule has 0 bridgehead atoms. The Morgan fingerprint density at radius 1 is 0.778 bits per heavy atom. The molecule has 1 saturated heterocycles. The van der Waals surface area contributed by atoms with Gasteiger partial charge >= 0.3 is 18.2 Å². The highest BCUT2D eigenvalue weighted by Gasteiger charge is 2.39. The van der Waals surface area contributed by atoms with E-state index >= 15 is 0 Å². The van der Waals surface area contributed by atoms with Crippen molar-refractivity contribution in [2.75, 3.05) is 26.2 Å². The van der Waals surface area contributed by atoms with Crippen LogP contribution < -0.4 is 0 Å². The first kappa shape index (κ1) is 23.4. The fraction of sp³-hybridized carbons (Fsp3) is 0.250. The van der Waals surface area contributed by atoms with E-state index in [0.29, 0.717) is 0 Å². The van der Waals surface area contributed by atoms with E-state index in [0.717, 1.165) is 27.8 Å². The molecule has 1 atom stereocenters. The van der Waals surface area contributed by atoms with E-state index in [1.165, 1.54) is 9.80 Å². The molecule has 1 aliphatic heterocycles. The van der Waals surface area contributed by atoms with E-state index in [4.69, 9.17) is 9.47 Å². The minimum absolute atomic E-state index is 0.0358. The first-order valence-corrected chi connectivity index (χ1v) is 11.8. The second-order valence-corrected chi connectivity index (χ2v) is 8.84. The highest BCUT2D eigenvalue weighted by Crippen LogP contribution is 2.44. The Morgan fingerprint density at radius 2 is 1.39 bits per heavy atom. The summed E-state index contributed by atoms with van der Waals surface area (Å²) in [6.07, 6.45) is -1.32. The number of hydrogen-bond donors (Lipinski definition) is 1. The molecular formula is C28H26N2O6. The highest BCUT2D eigenvalue weighted by molar-refractivity contribution is 5.82. The average Bonchev–Trinajstić information content (AvgIpc) is 3.24. The summed E-state index contributed by atoms with van der Waals surface area (Å²) in [5.41, 5.74) is 5.21. The fourth-order valence-corrected chi connectivity index (χ4v) is 4.87. The molecule has 5 rings (SSSR count). The first-order valence-electron chi connectivity index (χ1n) is 11.8. The number of carbonyl (C=O) groups is 3. The summed E-state index contributed by atoms with van der Waals surface area (Å²) in [5.74, 6) is -1.33. The molecule has 3 aromatic carbocycles. The molecule has 0 aromatic heterocycles. The van der Waals surface area contributed by atoms with Crippen LogP contribution >= 0.6 is 0 Å². The van der Waals surface area contributed by atoms with Crippen molar-refractivity contribution < 1.29 is 29.0 Å². The van der Waals surface area contributed by atoms with Crippen molar-refractivity contribution in [2.45, 2.75) is 18.6 Å². The number of piperazine rings is 1. The highest BCUT2D eigenvalue weighted by atomic mass is 16.6. The van der Waals surface area contributed by atoms with Gasteiger partial charge in [-0.25, -0.2) is 14.4 Å². The number of carboxylic acid groups (broad SMARTS) is 1. The lowest BCUT2D eigenvalue weighted by Crippen LogP contribution is -2.59. The Morgan fingerprint density at radius 3 is 2.03 bits per heavy atom.